The Hall–Kier alpha value is -2.60. The lowest BCUT2D eigenvalue weighted by Gasteiger charge is -2.37. The number of unbranched alkanes of at least 4 members (excludes halogenated alkanes) is 1. The Labute approximate surface area is 184 Å². The van der Waals surface area contributed by atoms with E-state index in [9.17, 15) is 0 Å². The minimum atomic E-state index is 0.486. The Balaban J connectivity index is 1.40. The molecular weight excluding hydrogens is 386 g/mol. The van der Waals surface area contributed by atoms with E-state index >= 15 is 0 Å². The second-order valence-corrected chi connectivity index (χ2v) is 9.12. The number of fused-ring (bicyclic) bond motifs is 1. The van der Waals surface area contributed by atoms with Gasteiger partial charge in [0, 0.05) is 30.4 Å². The SMILES string of the molecule is CCCCOc1cccc(-c2nc([C@H]3C[C@@H](CN4CCCC4)C3)n3ccnc(N)c23)c1. The highest BCUT2D eigenvalue weighted by Gasteiger charge is 2.35. The lowest BCUT2D eigenvalue weighted by atomic mass is 9.74. The van der Waals surface area contributed by atoms with Gasteiger partial charge in [-0.05, 0) is 63.2 Å². The third-order valence-electron chi connectivity index (χ3n) is 6.80. The van der Waals surface area contributed by atoms with Gasteiger partial charge in [-0.3, -0.25) is 4.40 Å². The molecule has 5 rings (SSSR count). The van der Waals surface area contributed by atoms with Gasteiger partial charge in [-0.1, -0.05) is 25.5 Å². The van der Waals surface area contributed by atoms with Gasteiger partial charge in [0.2, 0.25) is 0 Å². The fourth-order valence-electron chi connectivity index (χ4n) is 5.07. The van der Waals surface area contributed by atoms with E-state index in [1.807, 2.05) is 18.3 Å². The molecule has 2 aromatic heterocycles. The Morgan fingerprint density at radius 2 is 2.03 bits per heavy atom. The van der Waals surface area contributed by atoms with Gasteiger partial charge in [0.25, 0.3) is 0 Å². The first-order valence-electron chi connectivity index (χ1n) is 11.8. The summed E-state index contributed by atoms with van der Waals surface area (Å²) in [6, 6.07) is 8.20. The smallest absolute Gasteiger partial charge is 0.150 e. The topological polar surface area (TPSA) is 68.7 Å². The zero-order chi connectivity index (χ0) is 21.2. The number of imidazole rings is 1. The lowest BCUT2D eigenvalue weighted by Crippen LogP contribution is -2.34. The first kappa shape index (κ1) is 20.3. The van der Waals surface area contributed by atoms with Crippen LogP contribution in [-0.4, -0.2) is 45.5 Å². The average Bonchev–Trinajstić information content (AvgIpc) is 3.39. The Kier molecular flexibility index (Phi) is 5.81. The highest BCUT2D eigenvalue weighted by Crippen LogP contribution is 2.43. The van der Waals surface area contributed by atoms with Gasteiger partial charge in [0.15, 0.2) is 0 Å². The van der Waals surface area contributed by atoms with Crippen molar-refractivity contribution in [3.8, 4) is 17.0 Å². The van der Waals surface area contributed by atoms with Crippen molar-refractivity contribution >= 4 is 11.3 Å². The summed E-state index contributed by atoms with van der Waals surface area (Å²) in [6.45, 7) is 6.70. The van der Waals surface area contributed by atoms with Crippen LogP contribution in [0, 0.1) is 5.92 Å². The fourth-order valence-corrected chi connectivity index (χ4v) is 5.07. The van der Waals surface area contributed by atoms with Crippen LogP contribution in [0.2, 0.25) is 0 Å². The van der Waals surface area contributed by atoms with Crippen molar-refractivity contribution < 1.29 is 4.74 Å². The summed E-state index contributed by atoms with van der Waals surface area (Å²) < 4.78 is 8.09. The number of nitrogen functional groups attached to an aromatic ring is 1. The summed E-state index contributed by atoms with van der Waals surface area (Å²) in [5.74, 6) is 3.80. The first-order chi connectivity index (χ1) is 15.2. The number of anilines is 1. The van der Waals surface area contributed by atoms with Crippen LogP contribution in [0.25, 0.3) is 16.8 Å². The van der Waals surface area contributed by atoms with Gasteiger partial charge in [0.05, 0.1) is 6.61 Å². The Morgan fingerprint density at radius 1 is 1.19 bits per heavy atom. The average molecular weight is 420 g/mol. The summed E-state index contributed by atoms with van der Waals surface area (Å²) in [6.07, 6.45) is 11.1. The minimum Gasteiger partial charge on any atom is -0.494 e. The van der Waals surface area contributed by atoms with Crippen molar-refractivity contribution in [3.63, 3.8) is 0 Å². The molecule has 0 bridgehead atoms. The molecule has 2 aliphatic rings. The number of ether oxygens (including phenoxy) is 1. The molecule has 1 aliphatic heterocycles. The first-order valence-corrected chi connectivity index (χ1v) is 11.8. The minimum absolute atomic E-state index is 0.486. The van der Waals surface area contributed by atoms with Crippen molar-refractivity contribution in [1.82, 2.24) is 19.3 Å². The van der Waals surface area contributed by atoms with Crippen LogP contribution in [0.4, 0.5) is 5.82 Å². The van der Waals surface area contributed by atoms with E-state index in [2.05, 4.69) is 33.3 Å². The van der Waals surface area contributed by atoms with E-state index in [0.717, 1.165) is 53.7 Å². The predicted molar refractivity (Wildman–Crippen MR) is 124 cm³/mol. The Bertz CT molecular complexity index is 1030. The van der Waals surface area contributed by atoms with E-state index in [-0.39, 0.29) is 0 Å². The van der Waals surface area contributed by atoms with E-state index in [4.69, 9.17) is 15.5 Å². The number of hydrogen-bond acceptors (Lipinski definition) is 5. The number of aromatic nitrogens is 3. The van der Waals surface area contributed by atoms with Crippen molar-refractivity contribution in [1.29, 1.82) is 0 Å². The maximum Gasteiger partial charge on any atom is 0.150 e. The summed E-state index contributed by atoms with van der Waals surface area (Å²) in [5.41, 5.74) is 9.18. The number of benzene rings is 1. The number of rotatable bonds is 8. The molecule has 0 spiro atoms. The molecular formula is C25H33N5O. The van der Waals surface area contributed by atoms with Gasteiger partial charge in [-0.15, -0.1) is 0 Å². The highest BCUT2D eigenvalue weighted by atomic mass is 16.5. The van der Waals surface area contributed by atoms with E-state index in [1.165, 1.54) is 45.3 Å². The maximum atomic E-state index is 6.33. The molecule has 1 aromatic carbocycles. The molecule has 1 aliphatic carbocycles. The van der Waals surface area contributed by atoms with Crippen LogP contribution in [0.1, 0.15) is 57.2 Å². The van der Waals surface area contributed by atoms with Crippen molar-refractivity contribution in [2.24, 2.45) is 5.92 Å². The number of hydrogen-bond donors (Lipinski definition) is 1. The molecule has 0 amide bonds. The summed E-state index contributed by atoms with van der Waals surface area (Å²) in [7, 11) is 0. The van der Waals surface area contributed by atoms with Crippen LogP contribution in [0.15, 0.2) is 36.7 Å². The zero-order valence-corrected chi connectivity index (χ0v) is 18.5. The Morgan fingerprint density at radius 3 is 2.84 bits per heavy atom. The molecule has 0 atom stereocenters. The van der Waals surface area contributed by atoms with Crippen LogP contribution in [0.3, 0.4) is 0 Å². The third-order valence-corrected chi connectivity index (χ3v) is 6.80. The largest absolute Gasteiger partial charge is 0.494 e. The molecule has 164 valence electrons. The number of nitrogens with zero attached hydrogens (tertiary/aromatic N) is 4. The fraction of sp³-hybridized carbons (Fsp3) is 0.520. The number of likely N-dealkylation sites (tertiary alicyclic amines) is 1. The van der Waals surface area contributed by atoms with Crippen molar-refractivity contribution in [2.75, 3.05) is 32.0 Å². The van der Waals surface area contributed by atoms with E-state index < -0.39 is 0 Å². The van der Waals surface area contributed by atoms with Crippen molar-refractivity contribution in [2.45, 2.75) is 51.4 Å². The van der Waals surface area contributed by atoms with Gasteiger partial charge >= 0.3 is 0 Å². The van der Waals surface area contributed by atoms with Crippen LogP contribution in [-0.2, 0) is 0 Å². The summed E-state index contributed by atoms with van der Waals surface area (Å²) in [4.78, 5) is 12.1. The van der Waals surface area contributed by atoms with E-state index in [1.54, 1.807) is 6.20 Å². The molecule has 6 heteroatoms. The standard InChI is InChI=1S/C25H33N5O/c1-2-3-13-31-21-8-6-7-19(16-21)22-23-24(26)27-9-12-30(23)25(28-22)20-14-18(15-20)17-29-10-4-5-11-29/h6-9,12,16,18,20H,2-5,10-11,13-15,17H2,1H3,(H2,26,27)/t18-,20+. The van der Waals surface area contributed by atoms with E-state index in [0.29, 0.717) is 11.7 Å². The summed E-state index contributed by atoms with van der Waals surface area (Å²) in [5, 5.41) is 0. The number of nitrogens with two attached hydrogens (primary N) is 1. The van der Waals surface area contributed by atoms with Crippen LogP contribution >= 0.6 is 0 Å². The highest BCUT2D eigenvalue weighted by molar-refractivity contribution is 5.85. The lowest BCUT2D eigenvalue weighted by molar-refractivity contribution is 0.176. The second-order valence-electron chi connectivity index (χ2n) is 9.12. The van der Waals surface area contributed by atoms with Crippen molar-refractivity contribution in [3.05, 3.63) is 42.5 Å². The molecule has 31 heavy (non-hydrogen) atoms. The monoisotopic (exact) mass is 419 g/mol. The van der Waals surface area contributed by atoms with Gasteiger partial charge < -0.3 is 15.4 Å². The molecule has 2 fully saturated rings. The second kappa shape index (κ2) is 8.87. The molecule has 3 aromatic rings. The van der Waals surface area contributed by atoms with Gasteiger partial charge in [-0.2, -0.15) is 0 Å². The molecule has 2 N–H and O–H groups in total. The molecule has 1 saturated heterocycles. The van der Waals surface area contributed by atoms with Crippen LogP contribution < -0.4 is 10.5 Å². The molecule has 1 saturated carbocycles. The predicted octanol–water partition coefficient (Wildman–Crippen LogP) is 4.75. The normalized spacial score (nSPS) is 21.5. The van der Waals surface area contributed by atoms with Gasteiger partial charge in [0.1, 0.15) is 28.6 Å². The molecule has 3 heterocycles. The summed E-state index contributed by atoms with van der Waals surface area (Å²) >= 11 is 0. The zero-order valence-electron chi connectivity index (χ0n) is 18.5. The molecule has 0 radical (unpaired) electrons. The van der Waals surface area contributed by atoms with Gasteiger partial charge in [-0.25, -0.2) is 9.97 Å². The third kappa shape index (κ3) is 4.13. The molecule has 6 nitrogen and oxygen atoms in total. The quantitative estimate of drug-likeness (QED) is 0.534. The maximum absolute atomic E-state index is 6.33. The van der Waals surface area contributed by atoms with Crippen LogP contribution in [0.5, 0.6) is 5.75 Å². The molecule has 0 unspecified atom stereocenters.